The molecular formula is C17H20NS+. The molecule has 2 aromatic carbocycles. The molecule has 0 radical (unpaired) electrons. The summed E-state index contributed by atoms with van der Waals surface area (Å²) in [5.41, 5.74) is 1.38. The van der Waals surface area contributed by atoms with Crippen LogP contribution in [0.5, 0.6) is 0 Å². The lowest BCUT2D eigenvalue weighted by Crippen LogP contribution is -2.39. The average molecular weight is 270 g/mol. The van der Waals surface area contributed by atoms with Gasteiger partial charge in [-0.15, -0.1) is 0 Å². The summed E-state index contributed by atoms with van der Waals surface area (Å²) in [6, 6.07) is 13.7. The van der Waals surface area contributed by atoms with Gasteiger partial charge in [-0.2, -0.15) is 4.57 Å². The van der Waals surface area contributed by atoms with E-state index in [0.717, 1.165) is 0 Å². The molecule has 0 unspecified atom stereocenters. The largest absolute Gasteiger partial charge is 0.241 e. The van der Waals surface area contributed by atoms with E-state index < -0.39 is 0 Å². The Labute approximate surface area is 118 Å². The first-order valence-electron chi connectivity index (χ1n) is 6.95. The van der Waals surface area contributed by atoms with Gasteiger partial charge in [0.2, 0.25) is 10.5 Å². The molecule has 0 fully saturated rings. The van der Waals surface area contributed by atoms with Gasteiger partial charge in [-0.1, -0.05) is 49.4 Å². The van der Waals surface area contributed by atoms with Crippen molar-refractivity contribution in [2.45, 2.75) is 39.7 Å². The van der Waals surface area contributed by atoms with Crippen LogP contribution < -0.4 is 4.57 Å². The molecule has 0 atom stereocenters. The smallest absolute Gasteiger partial charge is 0.184 e. The average Bonchev–Trinajstić information content (AvgIpc) is 2.78. The quantitative estimate of drug-likeness (QED) is 0.574. The number of fused-ring (bicyclic) bond motifs is 3. The van der Waals surface area contributed by atoms with Crippen LogP contribution in [0.1, 0.15) is 44.7 Å². The molecule has 1 aromatic heterocycles. The second-order valence-corrected chi connectivity index (χ2v) is 6.72. The van der Waals surface area contributed by atoms with Crippen LogP contribution in [0.4, 0.5) is 0 Å². The number of rotatable bonds is 2. The van der Waals surface area contributed by atoms with Gasteiger partial charge >= 0.3 is 0 Å². The molecule has 0 aliphatic rings. The van der Waals surface area contributed by atoms with E-state index in [4.69, 9.17) is 0 Å². The fourth-order valence-corrected chi connectivity index (χ4v) is 4.15. The third kappa shape index (κ3) is 1.95. The zero-order valence-electron chi connectivity index (χ0n) is 12.0. The van der Waals surface area contributed by atoms with E-state index >= 15 is 0 Å². The van der Waals surface area contributed by atoms with Crippen molar-refractivity contribution in [3.8, 4) is 0 Å². The molecule has 0 amide bonds. The molecular weight excluding hydrogens is 250 g/mol. The second kappa shape index (κ2) is 4.61. The highest BCUT2D eigenvalue weighted by molar-refractivity contribution is 7.19. The van der Waals surface area contributed by atoms with Crippen LogP contribution in [0.25, 0.3) is 21.0 Å². The molecule has 0 bridgehead atoms. The van der Waals surface area contributed by atoms with Gasteiger partial charge in [0.05, 0.1) is 0 Å². The molecule has 1 heterocycles. The highest BCUT2D eigenvalue weighted by Gasteiger charge is 2.26. The van der Waals surface area contributed by atoms with Crippen LogP contribution in [-0.4, -0.2) is 0 Å². The lowest BCUT2D eigenvalue weighted by molar-refractivity contribution is -0.695. The molecule has 0 N–H and O–H groups in total. The van der Waals surface area contributed by atoms with Crippen LogP contribution in [0, 0.1) is 0 Å². The predicted molar refractivity (Wildman–Crippen MR) is 84.0 cm³/mol. The zero-order chi connectivity index (χ0) is 13.6. The van der Waals surface area contributed by atoms with Crippen LogP contribution in [-0.2, 0) is 0 Å². The van der Waals surface area contributed by atoms with Crippen LogP contribution in [0.2, 0.25) is 0 Å². The van der Waals surface area contributed by atoms with Gasteiger partial charge in [0.15, 0.2) is 6.04 Å². The van der Waals surface area contributed by atoms with Crippen molar-refractivity contribution >= 4 is 32.3 Å². The summed E-state index contributed by atoms with van der Waals surface area (Å²) in [5.74, 6) is 0.568. The molecule has 19 heavy (non-hydrogen) atoms. The lowest BCUT2D eigenvalue weighted by atomic mass is 10.1. The van der Waals surface area contributed by atoms with Crippen LogP contribution in [0.3, 0.4) is 0 Å². The van der Waals surface area contributed by atoms with Crippen LogP contribution >= 0.6 is 11.3 Å². The fourth-order valence-electron chi connectivity index (χ4n) is 2.73. The van der Waals surface area contributed by atoms with Gasteiger partial charge in [0, 0.05) is 17.4 Å². The molecule has 0 spiro atoms. The minimum atomic E-state index is 0.507. The Morgan fingerprint density at radius 3 is 2.37 bits per heavy atom. The van der Waals surface area contributed by atoms with Gasteiger partial charge in [-0.3, -0.25) is 0 Å². The van der Waals surface area contributed by atoms with Crippen molar-refractivity contribution in [3.05, 3.63) is 41.4 Å². The van der Waals surface area contributed by atoms with Gasteiger partial charge < -0.3 is 0 Å². The van der Waals surface area contributed by atoms with E-state index in [1.807, 2.05) is 11.3 Å². The first-order valence-corrected chi connectivity index (χ1v) is 7.77. The molecule has 3 aromatic rings. The monoisotopic (exact) mass is 270 g/mol. The fraction of sp³-hybridized carbons (Fsp3) is 0.353. The number of thiazole rings is 1. The Balaban J connectivity index is 2.45. The standard InChI is InChI=1S/C17H20NS/c1-11(2)17-18(12(3)4)15-10-9-13-7-5-6-8-14(13)16(15)19-17/h5-12H,1-4H3/q+1. The van der Waals surface area contributed by atoms with Crippen molar-refractivity contribution in [3.63, 3.8) is 0 Å². The minimum Gasteiger partial charge on any atom is -0.184 e. The van der Waals surface area contributed by atoms with Gasteiger partial charge in [-0.05, 0) is 25.3 Å². The van der Waals surface area contributed by atoms with E-state index in [1.165, 1.54) is 26.0 Å². The van der Waals surface area contributed by atoms with E-state index in [9.17, 15) is 0 Å². The summed E-state index contributed by atoms with van der Waals surface area (Å²) in [6.07, 6.45) is 0. The summed E-state index contributed by atoms with van der Waals surface area (Å²) in [4.78, 5) is 0. The first kappa shape index (κ1) is 12.6. The summed E-state index contributed by atoms with van der Waals surface area (Å²) < 4.78 is 3.92. The Morgan fingerprint density at radius 2 is 1.68 bits per heavy atom. The third-order valence-electron chi connectivity index (χ3n) is 3.57. The number of nitrogens with zero attached hydrogens (tertiary/aromatic N) is 1. The van der Waals surface area contributed by atoms with E-state index in [-0.39, 0.29) is 0 Å². The van der Waals surface area contributed by atoms with Crippen molar-refractivity contribution in [2.75, 3.05) is 0 Å². The second-order valence-electron chi connectivity index (χ2n) is 5.69. The van der Waals surface area contributed by atoms with E-state index in [2.05, 4.69) is 68.7 Å². The molecule has 0 saturated heterocycles. The Kier molecular flexibility index (Phi) is 3.06. The van der Waals surface area contributed by atoms with Gasteiger partial charge in [-0.25, -0.2) is 0 Å². The third-order valence-corrected chi connectivity index (χ3v) is 5.08. The highest BCUT2D eigenvalue weighted by Crippen LogP contribution is 2.32. The number of aromatic nitrogens is 1. The summed E-state index contributed by atoms with van der Waals surface area (Å²) in [6.45, 7) is 9.11. The Bertz CT molecular complexity index is 737. The maximum atomic E-state index is 2.50. The maximum Gasteiger partial charge on any atom is 0.241 e. The van der Waals surface area contributed by atoms with Crippen molar-refractivity contribution in [2.24, 2.45) is 0 Å². The number of benzene rings is 2. The van der Waals surface area contributed by atoms with Gasteiger partial charge in [0.1, 0.15) is 4.70 Å². The summed E-state index contributed by atoms with van der Waals surface area (Å²) in [5, 5.41) is 4.19. The summed E-state index contributed by atoms with van der Waals surface area (Å²) >= 11 is 1.95. The van der Waals surface area contributed by atoms with Crippen LogP contribution in [0.15, 0.2) is 36.4 Å². The Hall–Kier alpha value is -1.41. The molecule has 1 nitrogen and oxygen atoms in total. The molecule has 0 saturated carbocycles. The summed E-state index contributed by atoms with van der Waals surface area (Å²) in [7, 11) is 0. The number of hydrogen-bond donors (Lipinski definition) is 0. The molecule has 3 rings (SSSR count). The zero-order valence-corrected chi connectivity index (χ0v) is 12.8. The predicted octanol–water partition coefficient (Wildman–Crippen LogP) is 5.05. The first-order chi connectivity index (χ1) is 9.09. The van der Waals surface area contributed by atoms with E-state index in [1.54, 1.807) is 0 Å². The molecule has 2 heteroatoms. The normalized spacial score (nSPS) is 12.1. The van der Waals surface area contributed by atoms with Crippen molar-refractivity contribution in [1.82, 2.24) is 0 Å². The SMILES string of the molecule is CC(C)c1sc2c3ccccc3ccc2[n+]1C(C)C. The highest BCUT2D eigenvalue weighted by atomic mass is 32.1. The topological polar surface area (TPSA) is 3.88 Å². The number of hydrogen-bond acceptors (Lipinski definition) is 1. The Morgan fingerprint density at radius 1 is 0.947 bits per heavy atom. The minimum absolute atomic E-state index is 0.507. The maximum absolute atomic E-state index is 2.50. The molecule has 98 valence electrons. The van der Waals surface area contributed by atoms with Gasteiger partial charge in [0.25, 0.3) is 0 Å². The molecule has 0 aliphatic carbocycles. The van der Waals surface area contributed by atoms with E-state index in [0.29, 0.717) is 12.0 Å². The van der Waals surface area contributed by atoms with Crippen molar-refractivity contribution < 1.29 is 4.57 Å². The molecule has 0 aliphatic heterocycles. The lowest BCUT2D eigenvalue weighted by Gasteiger charge is -2.04. The van der Waals surface area contributed by atoms with Crippen molar-refractivity contribution in [1.29, 1.82) is 0 Å².